The molecule has 0 fully saturated rings. The maximum Gasteiger partial charge on any atom is 0.340 e. The number of carbonyl (C=O) groups is 2. The molecule has 0 radical (unpaired) electrons. The summed E-state index contributed by atoms with van der Waals surface area (Å²) < 4.78 is 5.74. The van der Waals surface area contributed by atoms with E-state index in [1.54, 1.807) is 19.1 Å². The van der Waals surface area contributed by atoms with Crippen LogP contribution in [0.15, 0.2) is 12.1 Å². The number of aromatic carboxylic acids is 1. The minimum atomic E-state index is -0.953. The highest BCUT2D eigenvalue weighted by Crippen LogP contribution is 2.29. The first-order valence-electron chi connectivity index (χ1n) is 7.30. The van der Waals surface area contributed by atoms with Gasteiger partial charge in [0.25, 0.3) is 0 Å². The second-order valence-corrected chi connectivity index (χ2v) is 8.01. The molecule has 2 aromatic heterocycles. The van der Waals surface area contributed by atoms with Gasteiger partial charge in [0.2, 0.25) is 0 Å². The van der Waals surface area contributed by atoms with Gasteiger partial charge in [0.05, 0.1) is 17.7 Å². The first kappa shape index (κ1) is 21.0. The number of ether oxygens (including phenoxy) is 1. The van der Waals surface area contributed by atoms with Crippen LogP contribution in [-0.4, -0.2) is 23.7 Å². The van der Waals surface area contributed by atoms with Crippen molar-refractivity contribution >= 4 is 57.8 Å². The van der Waals surface area contributed by atoms with Gasteiger partial charge in [0.1, 0.15) is 8.67 Å². The average molecular weight is 409 g/mol. The molecule has 8 heteroatoms. The van der Waals surface area contributed by atoms with E-state index in [0.29, 0.717) is 20.8 Å². The molecule has 1 N–H and O–H groups in total. The van der Waals surface area contributed by atoms with E-state index in [4.69, 9.17) is 33.0 Å². The topological polar surface area (TPSA) is 63.6 Å². The number of rotatable bonds is 5. The van der Waals surface area contributed by atoms with E-state index in [1.807, 2.05) is 13.8 Å². The Morgan fingerprint density at radius 3 is 1.79 bits per heavy atom. The van der Waals surface area contributed by atoms with Gasteiger partial charge in [-0.05, 0) is 31.9 Å². The summed E-state index contributed by atoms with van der Waals surface area (Å²) in [4.78, 5) is 23.9. The summed E-state index contributed by atoms with van der Waals surface area (Å²) in [5, 5.41) is 8.60. The van der Waals surface area contributed by atoms with Crippen LogP contribution in [-0.2, 0) is 17.6 Å². The summed E-state index contributed by atoms with van der Waals surface area (Å²) in [6.07, 6.45) is 1.72. The Morgan fingerprint density at radius 1 is 1.00 bits per heavy atom. The zero-order valence-corrected chi connectivity index (χ0v) is 16.7. The minimum Gasteiger partial charge on any atom is -0.478 e. The Bertz CT molecular complexity index is 707. The number of aryl methyl sites for hydroxylation is 2. The molecule has 2 heterocycles. The van der Waals surface area contributed by atoms with Crippen molar-refractivity contribution in [2.75, 3.05) is 6.61 Å². The standard InChI is InChI=1S/C9H11ClO2S.C7H7ClO2S/c1-3-6-5-7(8(10)13-6)9(11)12-4-2;1-2-4-3-5(7(9)10)6(8)11-4/h5H,3-4H2,1-2H3;3H,2H2,1H3,(H,9,10). The molecule has 0 aliphatic rings. The molecular weight excluding hydrogens is 391 g/mol. The number of esters is 1. The number of thiophene rings is 2. The van der Waals surface area contributed by atoms with Crippen molar-refractivity contribution < 1.29 is 19.4 Å². The van der Waals surface area contributed by atoms with Crippen molar-refractivity contribution in [3.63, 3.8) is 0 Å². The number of hydrogen-bond donors (Lipinski definition) is 1. The second kappa shape index (κ2) is 10.0. The third-order valence-electron chi connectivity index (χ3n) is 2.90. The van der Waals surface area contributed by atoms with E-state index in [-0.39, 0.29) is 11.5 Å². The number of carboxylic acids is 1. The third-order valence-corrected chi connectivity index (χ3v) is 5.90. The Kier molecular flexibility index (Phi) is 8.76. The molecule has 24 heavy (non-hydrogen) atoms. The zero-order valence-electron chi connectivity index (χ0n) is 13.5. The van der Waals surface area contributed by atoms with Gasteiger partial charge < -0.3 is 9.84 Å². The van der Waals surface area contributed by atoms with E-state index in [9.17, 15) is 9.59 Å². The number of hydrogen-bond acceptors (Lipinski definition) is 5. The first-order chi connectivity index (χ1) is 11.3. The minimum absolute atomic E-state index is 0.216. The molecule has 0 atom stereocenters. The lowest BCUT2D eigenvalue weighted by molar-refractivity contribution is 0.0526. The van der Waals surface area contributed by atoms with E-state index in [1.165, 1.54) is 22.7 Å². The lowest BCUT2D eigenvalue weighted by atomic mass is 10.3. The van der Waals surface area contributed by atoms with Crippen LogP contribution in [0.25, 0.3) is 0 Å². The molecule has 4 nitrogen and oxygen atoms in total. The van der Waals surface area contributed by atoms with Gasteiger partial charge in [-0.25, -0.2) is 9.59 Å². The van der Waals surface area contributed by atoms with Crippen molar-refractivity contribution in [1.29, 1.82) is 0 Å². The van der Waals surface area contributed by atoms with E-state index in [0.717, 1.165) is 22.6 Å². The normalized spacial score (nSPS) is 10.0. The molecule has 0 bridgehead atoms. The smallest absolute Gasteiger partial charge is 0.340 e. The van der Waals surface area contributed by atoms with Crippen LogP contribution < -0.4 is 0 Å². The lowest BCUT2D eigenvalue weighted by Gasteiger charge is -1.97. The van der Waals surface area contributed by atoms with Crippen molar-refractivity contribution in [3.8, 4) is 0 Å². The van der Waals surface area contributed by atoms with E-state index < -0.39 is 5.97 Å². The molecule has 0 aromatic carbocycles. The lowest BCUT2D eigenvalue weighted by Crippen LogP contribution is -2.03. The first-order valence-corrected chi connectivity index (χ1v) is 9.69. The van der Waals surface area contributed by atoms with Crippen molar-refractivity contribution in [2.45, 2.75) is 33.6 Å². The molecule has 0 unspecified atom stereocenters. The fraction of sp³-hybridized carbons (Fsp3) is 0.375. The summed E-state index contributed by atoms with van der Waals surface area (Å²) >= 11 is 14.3. The quantitative estimate of drug-likeness (QED) is 0.634. The number of carboxylic acid groups (broad SMARTS) is 1. The highest BCUT2D eigenvalue weighted by Gasteiger charge is 2.14. The van der Waals surface area contributed by atoms with Crippen LogP contribution in [0.3, 0.4) is 0 Å². The molecule has 2 aromatic rings. The molecule has 0 amide bonds. The largest absolute Gasteiger partial charge is 0.478 e. The molecular formula is C16H18Cl2O4S2. The monoisotopic (exact) mass is 408 g/mol. The highest BCUT2D eigenvalue weighted by atomic mass is 35.5. The Hall–Kier alpha value is -1.08. The third kappa shape index (κ3) is 5.77. The summed E-state index contributed by atoms with van der Waals surface area (Å²) in [5.41, 5.74) is 0.707. The zero-order chi connectivity index (χ0) is 18.3. The van der Waals surface area contributed by atoms with Crippen LogP contribution in [0.2, 0.25) is 8.67 Å². The van der Waals surface area contributed by atoms with Crippen molar-refractivity contribution in [3.05, 3.63) is 41.7 Å². The predicted octanol–water partition coefficient (Wildman–Crippen LogP) is 5.80. The van der Waals surface area contributed by atoms with Crippen LogP contribution in [0.4, 0.5) is 0 Å². The van der Waals surface area contributed by atoms with Crippen LogP contribution in [0.1, 0.15) is 51.2 Å². The Balaban J connectivity index is 0.000000243. The molecule has 0 aliphatic heterocycles. The fourth-order valence-corrected chi connectivity index (χ4v) is 4.15. The molecule has 2 rings (SSSR count). The maximum absolute atomic E-state index is 11.3. The van der Waals surface area contributed by atoms with E-state index in [2.05, 4.69) is 0 Å². The molecule has 132 valence electrons. The van der Waals surface area contributed by atoms with Gasteiger partial charge in [-0.3, -0.25) is 0 Å². The van der Waals surface area contributed by atoms with Crippen molar-refractivity contribution in [1.82, 2.24) is 0 Å². The summed E-state index contributed by atoms with van der Waals surface area (Å²) in [5.74, 6) is -1.28. The summed E-state index contributed by atoms with van der Waals surface area (Å²) in [6.45, 7) is 6.15. The van der Waals surface area contributed by atoms with Gasteiger partial charge in [-0.1, -0.05) is 37.0 Å². The summed E-state index contributed by atoms with van der Waals surface area (Å²) in [6, 6.07) is 3.42. The summed E-state index contributed by atoms with van der Waals surface area (Å²) in [7, 11) is 0. The van der Waals surface area contributed by atoms with Crippen LogP contribution >= 0.6 is 45.9 Å². The molecule has 0 saturated carbocycles. The predicted molar refractivity (Wildman–Crippen MR) is 100 cm³/mol. The SMILES string of the molecule is CCOC(=O)c1cc(CC)sc1Cl.CCc1cc(C(=O)O)c(Cl)s1. The fourth-order valence-electron chi connectivity index (χ4n) is 1.68. The van der Waals surface area contributed by atoms with Crippen LogP contribution in [0, 0.1) is 0 Å². The molecule has 0 spiro atoms. The molecule has 0 saturated heterocycles. The van der Waals surface area contributed by atoms with Gasteiger partial charge in [-0.15, -0.1) is 22.7 Å². The van der Waals surface area contributed by atoms with Gasteiger partial charge in [0, 0.05) is 9.75 Å². The second-order valence-electron chi connectivity index (χ2n) is 4.53. The Morgan fingerprint density at radius 2 is 1.46 bits per heavy atom. The molecule has 0 aliphatic carbocycles. The number of halogens is 2. The van der Waals surface area contributed by atoms with E-state index >= 15 is 0 Å². The highest BCUT2D eigenvalue weighted by molar-refractivity contribution is 7.17. The number of carbonyl (C=O) groups excluding carboxylic acids is 1. The van der Waals surface area contributed by atoms with Crippen LogP contribution in [0.5, 0.6) is 0 Å². The Labute approximate surface area is 159 Å². The van der Waals surface area contributed by atoms with Gasteiger partial charge in [0.15, 0.2) is 0 Å². The van der Waals surface area contributed by atoms with Gasteiger partial charge in [-0.2, -0.15) is 0 Å². The maximum atomic E-state index is 11.3. The van der Waals surface area contributed by atoms with Gasteiger partial charge >= 0.3 is 11.9 Å². The van der Waals surface area contributed by atoms with Crippen molar-refractivity contribution in [2.24, 2.45) is 0 Å². The average Bonchev–Trinajstić information content (AvgIpc) is 3.10.